The number of H-pyrrole nitrogens is 1. The fourth-order valence-corrected chi connectivity index (χ4v) is 5.99. The number of nitrogens with zero attached hydrogens (tertiary/aromatic N) is 2. The summed E-state index contributed by atoms with van der Waals surface area (Å²) in [5.41, 5.74) is 0.498. The number of hydrogen-bond acceptors (Lipinski definition) is 6. The van der Waals surface area contributed by atoms with E-state index in [1.807, 2.05) is 0 Å². The van der Waals surface area contributed by atoms with Crippen LogP contribution in [0, 0.1) is 18.8 Å². The minimum atomic E-state index is -0.378. The van der Waals surface area contributed by atoms with Crippen molar-refractivity contribution >= 4 is 27.5 Å². The van der Waals surface area contributed by atoms with E-state index in [1.165, 1.54) is 43.4 Å². The van der Waals surface area contributed by atoms with Crippen LogP contribution in [0.1, 0.15) is 73.1 Å². The number of likely N-dealkylation sites (tertiary alicyclic amines) is 1. The average molecular weight is 404 g/mol. The first-order valence-electron chi connectivity index (χ1n) is 10.4. The molecule has 3 atom stereocenters. The number of aryl methyl sites for hydroxylation is 1. The number of carbonyl (C=O) groups is 1. The smallest absolute Gasteiger partial charge is 0.348 e. The second-order valence-electron chi connectivity index (χ2n) is 8.17. The number of esters is 1. The van der Waals surface area contributed by atoms with E-state index in [0.29, 0.717) is 33.1 Å². The summed E-state index contributed by atoms with van der Waals surface area (Å²) < 4.78 is 5.12. The van der Waals surface area contributed by atoms with E-state index in [9.17, 15) is 9.59 Å². The van der Waals surface area contributed by atoms with Crippen LogP contribution in [0.15, 0.2) is 4.79 Å². The first kappa shape index (κ1) is 19.6. The molecule has 1 aliphatic heterocycles. The summed E-state index contributed by atoms with van der Waals surface area (Å²) in [5.74, 6) is 1.97. The van der Waals surface area contributed by atoms with Crippen molar-refractivity contribution in [3.8, 4) is 0 Å². The highest BCUT2D eigenvalue weighted by Gasteiger charge is 2.34. The third kappa shape index (κ3) is 3.50. The van der Waals surface area contributed by atoms with E-state index >= 15 is 0 Å². The third-order valence-electron chi connectivity index (χ3n) is 6.55. The van der Waals surface area contributed by atoms with Gasteiger partial charge in [-0.3, -0.25) is 9.69 Å². The second-order valence-corrected chi connectivity index (χ2v) is 9.17. The summed E-state index contributed by atoms with van der Waals surface area (Å²) in [6, 6.07) is 0.0634. The topological polar surface area (TPSA) is 75.3 Å². The highest BCUT2D eigenvalue weighted by atomic mass is 32.1. The van der Waals surface area contributed by atoms with Crippen molar-refractivity contribution in [3.05, 3.63) is 26.6 Å². The highest BCUT2D eigenvalue weighted by molar-refractivity contribution is 7.20. The molecule has 2 aliphatic rings. The lowest BCUT2D eigenvalue weighted by Crippen LogP contribution is -2.43. The number of piperidine rings is 1. The SMILES string of the molecule is CCOC(=O)c1sc2nc([C@@H](C)N3CC[C@@H]4CCCC[C@@H]4C3)[nH]c(=O)c2c1C. The third-order valence-corrected chi connectivity index (χ3v) is 7.71. The van der Waals surface area contributed by atoms with Crippen molar-refractivity contribution in [3.63, 3.8) is 0 Å². The van der Waals surface area contributed by atoms with E-state index in [2.05, 4.69) is 16.8 Å². The molecular formula is C21H29N3O3S. The molecule has 2 fully saturated rings. The molecule has 1 N–H and O–H groups in total. The Morgan fingerprint density at radius 3 is 2.82 bits per heavy atom. The Morgan fingerprint density at radius 2 is 2.07 bits per heavy atom. The van der Waals surface area contributed by atoms with Crippen molar-refractivity contribution in [2.75, 3.05) is 19.7 Å². The van der Waals surface area contributed by atoms with Gasteiger partial charge in [0.25, 0.3) is 5.56 Å². The van der Waals surface area contributed by atoms with Crippen molar-refractivity contribution in [1.82, 2.24) is 14.9 Å². The van der Waals surface area contributed by atoms with E-state index < -0.39 is 0 Å². The van der Waals surface area contributed by atoms with Gasteiger partial charge in [-0.2, -0.15) is 0 Å². The molecule has 0 amide bonds. The van der Waals surface area contributed by atoms with Gasteiger partial charge in [-0.1, -0.05) is 19.3 Å². The average Bonchev–Trinajstić information content (AvgIpc) is 3.04. The van der Waals surface area contributed by atoms with Crippen LogP contribution in [0.3, 0.4) is 0 Å². The van der Waals surface area contributed by atoms with Gasteiger partial charge in [0.05, 0.1) is 18.0 Å². The lowest BCUT2D eigenvalue weighted by molar-refractivity contribution is 0.0531. The standard InChI is InChI=1S/C21H29N3O3S/c1-4-27-21(26)17-12(2)16-19(25)22-18(23-20(16)28-17)13(3)24-10-9-14-7-5-6-8-15(14)11-24/h13-15H,4-11H2,1-3H3,(H,22,23,25)/t13-,14+,15-/m1/s1. The highest BCUT2D eigenvalue weighted by Crippen LogP contribution is 2.38. The van der Waals surface area contributed by atoms with Crippen molar-refractivity contribution in [1.29, 1.82) is 0 Å². The molecule has 0 aromatic carbocycles. The number of ether oxygens (including phenoxy) is 1. The Labute approximate surface area is 169 Å². The Kier molecular flexibility index (Phi) is 5.56. The normalized spacial score (nSPS) is 24.1. The monoisotopic (exact) mass is 403 g/mol. The van der Waals surface area contributed by atoms with E-state index in [0.717, 1.165) is 24.9 Å². The molecule has 0 bridgehead atoms. The van der Waals surface area contributed by atoms with Gasteiger partial charge in [0, 0.05) is 6.54 Å². The first-order chi connectivity index (χ1) is 13.5. The molecule has 1 saturated heterocycles. The van der Waals surface area contributed by atoms with E-state index in [1.54, 1.807) is 13.8 Å². The van der Waals surface area contributed by atoms with Gasteiger partial charge in [-0.25, -0.2) is 9.78 Å². The predicted octanol–water partition coefficient (Wildman–Crippen LogP) is 4.04. The van der Waals surface area contributed by atoms with E-state index in [4.69, 9.17) is 9.72 Å². The Bertz CT molecular complexity index is 935. The summed E-state index contributed by atoms with van der Waals surface area (Å²) in [4.78, 5) is 36.3. The number of rotatable bonds is 4. The second kappa shape index (κ2) is 7.95. The van der Waals surface area contributed by atoms with Crippen LogP contribution in [-0.4, -0.2) is 40.5 Å². The number of hydrogen-bond donors (Lipinski definition) is 1. The molecule has 0 radical (unpaired) electrons. The largest absolute Gasteiger partial charge is 0.462 e. The fraction of sp³-hybridized carbons (Fsp3) is 0.667. The summed E-state index contributed by atoms with van der Waals surface area (Å²) >= 11 is 1.26. The molecule has 2 aromatic heterocycles. The molecule has 6 nitrogen and oxygen atoms in total. The molecule has 1 aliphatic carbocycles. The zero-order chi connectivity index (χ0) is 19.8. The molecule has 4 rings (SSSR count). The molecule has 0 spiro atoms. The quantitative estimate of drug-likeness (QED) is 0.780. The first-order valence-corrected chi connectivity index (χ1v) is 11.3. The maximum absolute atomic E-state index is 12.8. The molecule has 1 saturated carbocycles. The number of aromatic amines is 1. The van der Waals surface area contributed by atoms with Gasteiger partial charge in [-0.15, -0.1) is 11.3 Å². The maximum atomic E-state index is 12.8. The molecule has 7 heteroatoms. The number of carbonyl (C=O) groups excluding carboxylic acids is 1. The minimum Gasteiger partial charge on any atom is -0.462 e. The summed E-state index contributed by atoms with van der Waals surface area (Å²) in [7, 11) is 0. The molecule has 0 unspecified atom stereocenters. The number of thiophene rings is 1. The fourth-order valence-electron chi connectivity index (χ4n) is 4.90. The molecule has 2 aromatic rings. The number of aromatic nitrogens is 2. The lowest BCUT2D eigenvalue weighted by Gasteiger charge is -2.43. The summed E-state index contributed by atoms with van der Waals surface area (Å²) in [5, 5.41) is 0.509. The van der Waals surface area contributed by atoms with Crippen LogP contribution in [0.5, 0.6) is 0 Å². The Balaban J connectivity index is 1.62. The summed E-state index contributed by atoms with van der Waals surface area (Å²) in [6.07, 6.45) is 6.66. The van der Waals surface area contributed by atoms with Gasteiger partial charge < -0.3 is 9.72 Å². The van der Waals surface area contributed by atoms with Gasteiger partial charge in [0.15, 0.2) is 0 Å². The predicted molar refractivity (Wildman–Crippen MR) is 111 cm³/mol. The lowest BCUT2D eigenvalue weighted by atomic mass is 9.75. The van der Waals surface area contributed by atoms with Crippen LogP contribution >= 0.6 is 11.3 Å². The zero-order valence-electron chi connectivity index (χ0n) is 16.9. The van der Waals surface area contributed by atoms with Crippen LogP contribution in [0.25, 0.3) is 10.2 Å². The zero-order valence-corrected chi connectivity index (χ0v) is 17.7. The van der Waals surface area contributed by atoms with Crippen molar-refractivity contribution in [2.24, 2.45) is 11.8 Å². The van der Waals surface area contributed by atoms with Gasteiger partial charge in [0.2, 0.25) is 0 Å². The maximum Gasteiger partial charge on any atom is 0.348 e. The van der Waals surface area contributed by atoms with Gasteiger partial charge >= 0.3 is 5.97 Å². The van der Waals surface area contributed by atoms with Crippen molar-refractivity contribution < 1.29 is 9.53 Å². The molecule has 3 heterocycles. The van der Waals surface area contributed by atoms with Crippen molar-refractivity contribution in [2.45, 2.75) is 58.9 Å². The van der Waals surface area contributed by atoms with Crippen LogP contribution in [-0.2, 0) is 4.74 Å². The Morgan fingerprint density at radius 1 is 1.32 bits per heavy atom. The molecule has 152 valence electrons. The van der Waals surface area contributed by atoms with Gasteiger partial charge in [0.1, 0.15) is 15.5 Å². The minimum absolute atomic E-state index is 0.0634. The van der Waals surface area contributed by atoms with Crippen LogP contribution in [0.4, 0.5) is 0 Å². The Hall–Kier alpha value is -1.73. The number of nitrogens with one attached hydrogen (secondary N) is 1. The van der Waals surface area contributed by atoms with Crippen LogP contribution in [0.2, 0.25) is 0 Å². The molecular weight excluding hydrogens is 374 g/mol. The van der Waals surface area contributed by atoms with Crippen LogP contribution < -0.4 is 5.56 Å². The summed E-state index contributed by atoms with van der Waals surface area (Å²) in [6.45, 7) is 8.16. The molecule has 28 heavy (non-hydrogen) atoms. The van der Waals surface area contributed by atoms with E-state index in [-0.39, 0.29) is 17.6 Å². The van der Waals surface area contributed by atoms with Gasteiger partial charge in [-0.05, 0) is 57.6 Å². The number of fused-ring (bicyclic) bond motifs is 2.